The molecule has 0 fully saturated rings. The van der Waals surface area contributed by atoms with Gasteiger partial charge in [0.2, 0.25) is 11.8 Å². The molecule has 1 aliphatic rings. The molecule has 1 heterocycles. The fourth-order valence-corrected chi connectivity index (χ4v) is 3.57. The first-order valence-electron chi connectivity index (χ1n) is 9.27. The highest BCUT2D eigenvalue weighted by Gasteiger charge is 2.16. The molecular formula is C21H23N3O2. The number of carbonyl (C=O) groups excluding carboxylic acids is 1. The Morgan fingerprint density at radius 1 is 1.19 bits per heavy atom. The highest BCUT2D eigenvalue weighted by atomic mass is 16.5. The van der Waals surface area contributed by atoms with Crippen LogP contribution in [0, 0.1) is 0 Å². The fraction of sp³-hybridized carbons (Fsp3) is 0.381. The van der Waals surface area contributed by atoms with E-state index in [2.05, 4.69) is 39.7 Å². The number of aryl methyl sites for hydroxylation is 3. The molecule has 134 valence electrons. The van der Waals surface area contributed by atoms with E-state index in [4.69, 9.17) is 4.52 Å². The minimum absolute atomic E-state index is 0.0206. The average Bonchev–Trinajstić information content (AvgIpc) is 3.26. The zero-order valence-corrected chi connectivity index (χ0v) is 15.2. The number of hydrogen-bond donors (Lipinski definition) is 1. The molecule has 0 atom stereocenters. The monoisotopic (exact) mass is 349 g/mol. The Morgan fingerprint density at radius 2 is 2.00 bits per heavy atom. The summed E-state index contributed by atoms with van der Waals surface area (Å²) in [5.41, 5.74) is 3.66. The third kappa shape index (κ3) is 3.21. The van der Waals surface area contributed by atoms with E-state index in [0.29, 0.717) is 25.2 Å². The molecule has 0 aliphatic heterocycles. The largest absolute Gasteiger partial charge is 0.339 e. The maximum absolute atomic E-state index is 12.4. The lowest BCUT2D eigenvalue weighted by Crippen LogP contribution is -2.12. The second-order valence-corrected chi connectivity index (χ2v) is 7.21. The number of anilines is 1. The summed E-state index contributed by atoms with van der Waals surface area (Å²) < 4.78 is 5.22. The van der Waals surface area contributed by atoms with E-state index >= 15 is 0 Å². The first-order chi connectivity index (χ1) is 12.6. The van der Waals surface area contributed by atoms with Gasteiger partial charge in [-0.15, -0.1) is 0 Å². The van der Waals surface area contributed by atoms with E-state index in [1.165, 1.54) is 16.5 Å². The standard InChI is InChI=1S/C21H23N3O2/c1-13(2)21-23-19(26-24-21)8-4-7-18(25)22-17-12-11-15-10-9-14-5-3-6-16(17)20(14)15/h3,5-6,11-13H,4,7-10H2,1-2H3,(H,22,25). The Morgan fingerprint density at radius 3 is 2.77 bits per heavy atom. The molecule has 1 amide bonds. The second kappa shape index (κ2) is 6.90. The number of benzene rings is 2. The van der Waals surface area contributed by atoms with Gasteiger partial charge >= 0.3 is 0 Å². The summed E-state index contributed by atoms with van der Waals surface area (Å²) in [6, 6.07) is 10.5. The molecule has 26 heavy (non-hydrogen) atoms. The maximum Gasteiger partial charge on any atom is 0.226 e. The number of carbonyl (C=O) groups is 1. The third-order valence-electron chi connectivity index (χ3n) is 4.95. The quantitative estimate of drug-likeness (QED) is 0.716. The summed E-state index contributed by atoms with van der Waals surface area (Å²) in [7, 11) is 0. The number of nitrogens with one attached hydrogen (secondary N) is 1. The van der Waals surface area contributed by atoms with Gasteiger partial charge in [0, 0.05) is 29.8 Å². The first-order valence-corrected chi connectivity index (χ1v) is 9.27. The zero-order chi connectivity index (χ0) is 18.1. The Bertz CT molecular complexity index is 949. The van der Waals surface area contributed by atoms with E-state index < -0.39 is 0 Å². The van der Waals surface area contributed by atoms with E-state index in [9.17, 15) is 4.79 Å². The van der Waals surface area contributed by atoms with Crippen molar-refractivity contribution in [3.05, 3.63) is 53.2 Å². The van der Waals surface area contributed by atoms with Crippen LogP contribution in [0.25, 0.3) is 10.8 Å². The van der Waals surface area contributed by atoms with Crippen LogP contribution in [0.15, 0.2) is 34.9 Å². The van der Waals surface area contributed by atoms with Gasteiger partial charge in [-0.3, -0.25) is 4.79 Å². The summed E-state index contributed by atoms with van der Waals surface area (Å²) >= 11 is 0. The van der Waals surface area contributed by atoms with Crippen LogP contribution < -0.4 is 5.32 Å². The highest BCUT2D eigenvalue weighted by molar-refractivity contribution is 6.05. The molecule has 1 aromatic heterocycles. The molecule has 1 aliphatic carbocycles. The van der Waals surface area contributed by atoms with Crippen molar-refractivity contribution in [1.29, 1.82) is 0 Å². The van der Waals surface area contributed by atoms with Crippen LogP contribution in [0.2, 0.25) is 0 Å². The number of nitrogens with zero attached hydrogens (tertiary/aromatic N) is 2. The lowest BCUT2D eigenvalue weighted by molar-refractivity contribution is -0.116. The van der Waals surface area contributed by atoms with Crippen molar-refractivity contribution in [1.82, 2.24) is 10.1 Å². The van der Waals surface area contributed by atoms with Gasteiger partial charge in [0.25, 0.3) is 0 Å². The Kier molecular flexibility index (Phi) is 4.45. The minimum Gasteiger partial charge on any atom is -0.339 e. The van der Waals surface area contributed by atoms with Crippen LogP contribution in [0.5, 0.6) is 0 Å². The lowest BCUT2D eigenvalue weighted by Gasteiger charge is -2.10. The molecule has 0 radical (unpaired) electrons. The summed E-state index contributed by atoms with van der Waals surface area (Å²) in [6.45, 7) is 4.06. The molecule has 0 unspecified atom stereocenters. The molecule has 0 saturated heterocycles. The Hall–Kier alpha value is -2.69. The first kappa shape index (κ1) is 16.8. The van der Waals surface area contributed by atoms with Crippen LogP contribution in [-0.2, 0) is 24.1 Å². The van der Waals surface area contributed by atoms with Crippen molar-refractivity contribution in [3.63, 3.8) is 0 Å². The zero-order valence-electron chi connectivity index (χ0n) is 15.2. The van der Waals surface area contributed by atoms with Gasteiger partial charge in [-0.1, -0.05) is 43.3 Å². The maximum atomic E-state index is 12.4. The second-order valence-electron chi connectivity index (χ2n) is 7.21. The Labute approximate surface area is 152 Å². The van der Waals surface area contributed by atoms with Crippen LogP contribution in [0.3, 0.4) is 0 Å². The van der Waals surface area contributed by atoms with E-state index in [-0.39, 0.29) is 11.8 Å². The van der Waals surface area contributed by atoms with Gasteiger partial charge in [-0.2, -0.15) is 4.98 Å². The summed E-state index contributed by atoms with van der Waals surface area (Å²) in [5, 5.41) is 9.48. The molecule has 2 aromatic carbocycles. The molecule has 5 heteroatoms. The van der Waals surface area contributed by atoms with Crippen molar-refractivity contribution in [2.75, 3.05) is 5.32 Å². The minimum atomic E-state index is 0.0206. The van der Waals surface area contributed by atoms with Crippen molar-refractivity contribution < 1.29 is 9.32 Å². The van der Waals surface area contributed by atoms with Crippen molar-refractivity contribution >= 4 is 22.4 Å². The molecule has 1 N–H and O–H groups in total. The fourth-order valence-electron chi connectivity index (χ4n) is 3.57. The molecule has 0 bridgehead atoms. The van der Waals surface area contributed by atoms with Crippen LogP contribution in [0.4, 0.5) is 5.69 Å². The van der Waals surface area contributed by atoms with Gasteiger partial charge in [0.1, 0.15) is 0 Å². The Balaban J connectivity index is 1.39. The summed E-state index contributed by atoms with van der Waals surface area (Å²) in [6.07, 6.45) is 3.92. The molecular weight excluding hydrogens is 326 g/mol. The normalized spacial score (nSPS) is 12.9. The van der Waals surface area contributed by atoms with E-state index in [1.807, 2.05) is 19.9 Å². The van der Waals surface area contributed by atoms with Crippen molar-refractivity contribution in [2.45, 2.75) is 51.9 Å². The van der Waals surface area contributed by atoms with Crippen molar-refractivity contribution in [2.24, 2.45) is 0 Å². The molecule has 5 nitrogen and oxygen atoms in total. The molecule has 3 aromatic rings. The predicted octanol–water partition coefficient (Wildman–Crippen LogP) is 4.41. The van der Waals surface area contributed by atoms with Crippen molar-refractivity contribution in [3.8, 4) is 0 Å². The lowest BCUT2D eigenvalue weighted by atomic mass is 10.0. The molecule has 0 saturated carbocycles. The molecule has 4 rings (SSSR count). The van der Waals surface area contributed by atoms with E-state index in [0.717, 1.165) is 29.7 Å². The smallest absolute Gasteiger partial charge is 0.226 e. The number of amides is 1. The number of aromatic nitrogens is 2. The van der Waals surface area contributed by atoms with E-state index in [1.54, 1.807) is 0 Å². The SMILES string of the molecule is CC(C)c1noc(CCCC(=O)Nc2ccc3c4c(cccc24)CC3)n1. The van der Waals surface area contributed by atoms with Gasteiger partial charge < -0.3 is 9.84 Å². The summed E-state index contributed by atoms with van der Waals surface area (Å²) in [5.74, 6) is 1.59. The van der Waals surface area contributed by atoms with Crippen LogP contribution in [0.1, 0.15) is 55.4 Å². The van der Waals surface area contributed by atoms with Gasteiger partial charge in [-0.05, 0) is 41.8 Å². The van der Waals surface area contributed by atoms with Crippen LogP contribution >= 0.6 is 0 Å². The summed E-state index contributed by atoms with van der Waals surface area (Å²) in [4.78, 5) is 16.7. The molecule has 0 spiro atoms. The van der Waals surface area contributed by atoms with Crippen LogP contribution in [-0.4, -0.2) is 16.0 Å². The predicted molar refractivity (Wildman–Crippen MR) is 101 cm³/mol. The topological polar surface area (TPSA) is 68.0 Å². The highest BCUT2D eigenvalue weighted by Crippen LogP contribution is 2.35. The van der Waals surface area contributed by atoms with Gasteiger partial charge in [0.15, 0.2) is 5.82 Å². The number of rotatable bonds is 6. The third-order valence-corrected chi connectivity index (χ3v) is 4.95. The number of hydrogen-bond acceptors (Lipinski definition) is 4. The average molecular weight is 349 g/mol. The van der Waals surface area contributed by atoms with Gasteiger partial charge in [-0.25, -0.2) is 0 Å². The van der Waals surface area contributed by atoms with Gasteiger partial charge in [0.05, 0.1) is 0 Å².